The second-order valence-corrected chi connectivity index (χ2v) is 3.95. The fourth-order valence-corrected chi connectivity index (χ4v) is 1.97. The number of hydrogen-bond donors (Lipinski definition) is 1. The Balaban J connectivity index is 2.45. The molecule has 1 saturated carbocycles. The van der Waals surface area contributed by atoms with Crippen molar-refractivity contribution in [3.05, 3.63) is 12.7 Å². The van der Waals surface area contributed by atoms with E-state index in [0.717, 1.165) is 25.5 Å². The predicted octanol–water partition coefficient (Wildman–Crippen LogP) is 2.36. The summed E-state index contributed by atoms with van der Waals surface area (Å²) < 4.78 is 5.82. The lowest BCUT2D eigenvalue weighted by molar-refractivity contribution is 0.0203. The molecule has 1 fully saturated rings. The van der Waals surface area contributed by atoms with Gasteiger partial charge in [-0.25, -0.2) is 0 Å². The molecule has 0 spiro atoms. The van der Waals surface area contributed by atoms with Gasteiger partial charge in [0.1, 0.15) is 0 Å². The highest BCUT2D eigenvalue weighted by atomic mass is 16.5. The van der Waals surface area contributed by atoms with E-state index in [1.807, 2.05) is 6.08 Å². The molecule has 82 valence electrons. The standard InChI is InChI=1S/C12H23NO/c1-4-7-11(13-5-2)12(14-6-3)10-8-9-10/h4,10-13H,1,5-9H2,2-3H3. The third-order valence-corrected chi connectivity index (χ3v) is 2.73. The van der Waals surface area contributed by atoms with Crippen LogP contribution in [0.4, 0.5) is 0 Å². The van der Waals surface area contributed by atoms with Crippen molar-refractivity contribution >= 4 is 0 Å². The molecule has 0 aliphatic heterocycles. The van der Waals surface area contributed by atoms with Gasteiger partial charge in [-0.05, 0) is 38.6 Å². The third-order valence-electron chi connectivity index (χ3n) is 2.73. The summed E-state index contributed by atoms with van der Waals surface area (Å²) in [4.78, 5) is 0. The van der Waals surface area contributed by atoms with Crippen molar-refractivity contribution in [3.63, 3.8) is 0 Å². The van der Waals surface area contributed by atoms with Gasteiger partial charge < -0.3 is 10.1 Å². The molecule has 1 aliphatic carbocycles. The van der Waals surface area contributed by atoms with Crippen LogP contribution >= 0.6 is 0 Å². The summed E-state index contributed by atoms with van der Waals surface area (Å²) in [5, 5.41) is 3.49. The van der Waals surface area contributed by atoms with Crippen molar-refractivity contribution in [2.75, 3.05) is 13.2 Å². The van der Waals surface area contributed by atoms with Crippen LogP contribution in [0.15, 0.2) is 12.7 Å². The highest BCUT2D eigenvalue weighted by Crippen LogP contribution is 2.36. The zero-order valence-electron chi connectivity index (χ0n) is 9.46. The SMILES string of the molecule is C=CCC(NCC)C(OCC)C1CC1. The maximum Gasteiger partial charge on any atom is 0.0758 e. The topological polar surface area (TPSA) is 21.3 Å². The Morgan fingerprint density at radius 1 is 1.50 bits per heavy atom. The van der Waals surface area contributed by atoms with Gasteiger partial charge in [-0.3, -0.25) is 0 Å². The van der Waals surface area contributed by atoms with E-state index in [1.54, 1.807) is 0 Å². The molecule has 14 heavy (non-hydrogen) atoms. The normalized spacial score (nSPS) is 20.4. The third kappa shape index (κ3) is 3.43. The Bertz CT molecular complexity index is 166. The molecule has 2 heteroatoms. The van der Waals surface area contributed by atoms with Crippen LogP contribution in [0.5, 0.6) is 0 Å². The van der Waals surface area contributed by atoms with Crippen molar-refractivity contribution < 1.29 is 4.74 Å². The zero-order chi connectivity index (χ0) is 10.4. The summed E-state index contributed by atoms with van der Waals surface area (Å²) in [7, 11) is 0. The van der Waals surface area contributed by atoms with Crippen LogP contribution in [0.25, 0.3) is 0 Å². The average Bonchev–Trinajstić information content (AvgIpc) is 2.97. The summed E-state index contributed by atoms with van der Waals surface area (Å²) >= 11 is 0. The van der Waals surface area contributed by atoms with Crippen LogP contribution in [-0.4, -0.2) is 25.3 Å². The number of likely N-dealkylation sites (N-methyl/N-ethyl adjacent to an activating group) is 1. The van der Waals surface area contributed by atoms with Gasteiger partial charge in [-0.2, -0.15) is 0 Å². The maximum atomic E-state index is 5.82. The monoisotopic (exact) mass is 197 g/mol. The van der Waals surface area contributed by atoms with Crippen molar-refractivity contribution in [3.8, 4) is 0 Å². The fourth-order valence-electron chi connectivity index (χ4n) is 1.97. The van der Waals surface area contributed by atoms with Gasteiger partial charge in [0, 0.05) is 12.6 Å². The van der Waals surface area contributed by atoms with Crippen LogP contribution in [0.3, 0.4) is 0 Å². The first-order valence-corrected chi connectivity index (χ1v) is 5.79. The minimum atomic E-state index is 0.401. The summed E-state index contributed by atoms with van der Waals surface area (Å²) in [5.41, 5.74) is 0. The fraction of sp³-hybridized carbons (Fsp3) is 0.833. The molecule has 0 radical (unpaired) electrons. The molecule has 0 saturated heterocycles. The zero-order valence-corrected chi connectivity index (χ0v) is 9.46. The molecule has 0 amide bonds. The summed E-state index contributed by atoms with van der Waals surface area (Å²) in [6.45, 7) is 9.86. The van der Waals surface area contributed by atoms with Gasteiger partial charge in [-0.1, -0.05) is 13.0 Å². The molecule has 1 aliphatic rings. The second-order valence-electron chi connectivity index (χ2n) is 3.95. The first-order chi connectivity index (χ1) is 6.83. The number of rotatable bonds is 8. The molecule has 1 rings (SSSR count). The van der Waals surface area contributed by atoms with Crippen LogP contribution in [-0.2, 0) is 4.74 Å². The predicted molar refractivity (Wildman–Crippen MR) is 60.4 cm³/mol. The molecule has 0 aromatic rings. The largest absolute Gasteiger partial charge is 0.377 e. The Morgan fingerprint density at radius 3 is 2.64 bits per heavy atom. The maximum absolute atomic E-state index is 5.82. The molecule has 0 bridgehead atoms. The quantitative estimate of drug-likeness (QED) is 0.603. The van der Waals surface area contributed by atoms with E-state index in [9.17, 15) is 0 Å². The van der Waals surface area contributed by atoms with Crippen molar-refractivity contribution in [1.29, 1.82) is 0 Å². The summed E-state index contributed by atoms with van der Waals surface area (Å²) in [6.07, 6.45) is 6.07. The molecule has 1 N–H and O–H groups in total. The number of ether oxygens (including phenoxy) is 1. The number of nitrogens with one attached hydrogen (secondary N) is 1. The van der Waals surface area contributed by atoms with Gasteiger partial charge in [0.2, 0.25) is 0 Å². The average molecular weight is 197 g/mol. The van der Waals surface area contributed by atoms with E-state index >= 15 is 0 Å². The lowest BCUT2D eigenvalue weighted by Crippen LogP contribution is -2.42. The molecule has 2 atom stereocenters. The highest BCUT2D eigenvalue weighted by Gasteiger charge is 2.36. The van der Waals surface area contributed by atoms with Crippen LogP contribution in [0, 0.1) is 5.92 Å². The smallest absolute Gasteiger partial charge is 0.0758 e. The molecule has 2 unspecified atom stereocenters. The Hall–Kier alpha value is -0.340. The van der Waals surface area contributed by atoms with E-state index in [2.05, 4.69) is 25.7 Å². The molecule has 0 aromatic carbocycles. The van der Waals surface area contributed by atoms with E-state index in [0.29, 0.717) is 12.1 Å². The lowest BCUT2D eigenvalue weighted by atomic mass is 10.0. The molecule has 2 nitrogen and oxygen atoms in total. The van der Waals surface area contributed by atoms with Crippen molar-refractivity contribution in [2.24, 2.45) is 5.92 Å². The van der Waals surface area contributed by atoms with E-state index in [1.165, 1.54) is 12.8 Å². The van der Waals surface area contributed by atoms with Gasteiger partial charge in [0.05, 0.1) is 6.10 Å². The molecular weight excluding hydrogens is 174 g/mol. The Morgan fingerprint density at radius 2 is 2.21 bits per heavy atom. The van der Waals surface area contributed by atoms with Crippen molar-refractivity contribution in [2.45, 2.75) is 45.3 Å². The molecule has 0 aromatic heterocycles. The van der Waals surface area contributed by atoms with Gasteiger partial charge in [0.15, 0.2) is 0 Å². The first-order valence-electron chi connectivity index (χ1n) is 5.79. The van der Waals surface area contributed by atoms with Crippen LogP contribution in [0.2, 0.25) is 0 Å². The van der Waals surface area contributed by atoms with Crippen LogP contribution < -0.4 is 5.32 Å². The van der Waals surface area contributed by atoms with Gasteiger partial charge in [0.25, 0.3) is 0 Å². The minimum absolute atomic E-state index is 0.401. The summed E-state index contributed by atoms with van der Waals surface area (Å²) in [6, 6.07) is 0.463. The summed E-state index contributed by atoms with van der Waals surface area (Å²) in [5.74, 6) is 0.791. The number of hydrogen-bond acceptors (Lipinski definition) is 2. The minimum Gasteiger partial charge on any atom is -0.377 e. The van der Waals surface area contributed by atoms with E-state index in [-0.39, 0.29) is 0 Å². The van der Waals surface area contributed by atoms with Crippen LogP contribution in [0.1, 0.15) is 33.1 Å². The van der Waals surface area contributed by atoms with E-state index < -0.39 is 0 Å². The van der Waals surface area contributed by atoms with E-state index in [4.69, 9.17) is 4.74 Å². The second kappa shape index (κ2) is 6.20. The lowest BCUT2D eigenvalue weighted by Gasteiger charge is -2.26. The Kier molecular flexibility index (Phi) is 5.20. The first kappa shape index (κ1) is 11.7. The van der Waals surface area contributed by atoms with Gasteiger partial charge >= 0.3 is 0 Å². The molecular formula is C12H23NO. The molecule has 0 heterocycles. The van der Waals surface area contributed by atoms with Crippen molar-refractivity contribution in [1.82, 2.24) is 5.32 Å². The van der Waals surface area contributed by atoms with Gasteiger partial charge in [-0.15, -0.1) is 6.58 Å². The Labute approximate surface area is 87.7 Å². The highest BCUT2D eigenvalue weighted by molar-refractivity contribution is 4.93.